The van der Waals surface area contributed by atoms with Crippen LogP contribution in [-0.4, -0.2) is 41.6 Å². The van der Waals surface area contributed by atoms with Crippen molar-refractivity contribution in [3.8, 4) is 0 Å². The number of likely N-dealkylation sites (tertiary alicyclic amines) is 1. The zero-order valence-corrected chi connectivity index (χ0v) is 15.3. The van der Waals surface area contributed by atoms with Gasteiger partial charge in [0.15, 0.2) is 5.82 Å². The molecule has 0 radical (unpaired) electrons. The number of primary amides is 1. The van der Waals surface area contributed by atoms with Crippen LogP contribution in [0.15, 0.2) is 12.1 Å². The van der Waals surface area contributed by atoms with Crippen molar-refractivity contribution < 1.29 is 18.7 Å². The van der Waals surface area contributed by atoms with Crippen molar-refractivity contribution in [3.63, 3.8) is 0 Å². The molecule has 1 saturated heterocycles. The third kappa shape index (κ3) is 4.98. The Bertz CT molecular complexity index is 668. The normalized spacial score (nSPS) is 15.8. The number of hydrogen-bond acceptors (Lipinski definition) is 4. The molecular formula is C17H23ClFN3O3. The van der Waals surface area contributed by atoms with Crippen LogP contribution < -0.4 is 11.1 Å². The number of carbonyl (C=O) groups excluding carboxylic acids is 2. The first-order chi connectivity index (χ1) is 11.6. The summed E-state index contributed by atoms with van der Waals surface area (Å²) in [6, 6.07) is 2.88. The maximum absolute atomic E-state index is 14.1. The van der Waals surface area contributed by atoms with E-state index in [2.05, 4.69) is 5.32 Å². The molecule has 3 N–H and O–H groups in total. The van der Waals surface area contributed by atoms with Crippen molar-refractivity contribution in [2.75, 3.05) is 18.4 Å². The highest BCUT2D eigenvalue weighted by atomic mass is 35.5. The van der Waals surface area contributed by atoms with Crippen molar-refractivity contribution in [2.45, 2.75) is 45.3 Å². The van der Waals surface area contributed by atoms with E-state index in [0.717, 1.165) is 0 Å². The summed E-state index contributed by atoms with van der Waals surface area (Å²) < 4.78 is 19.4. The van der Waals surface area contributed by atoms with Gasteiger partial charge in [-0.15, -0.1) is 0 Å². The Morgan fingerprint density at radius 3 is 2.44 bits per heavy atom. The number of halogens is 2. The highest BCUT2D eigenvalue weighted by Crippen LogP contribution is 2.29. The summed E-state index contributed by atoms with van der Waals surface area (Å²) in [5, 5.41) is 3.00. The quantitative estimate of drug-likeness (QED) is 0.852. The second-order valence-electron chi connectivity index (χ2n) is 7.04. The first-order valence-electron chi connectivity index (χ1n) is 8.11. The molecule has 138 valence electrons. The van der Waals surface area contributed by atoms with Gasteiger partial charge in [0.25, 0.3) is 5.91 Å². The lowest BCUT2D eigenvalue weighted by atomic mass is 10.0. The number of amides is 2. The standard InChI is InChI=1S/C17H23ClFN3O3/c1-17(2,3)25-16(24)22-8-6-10(7-9-22)21-12-5-4-11(15(20)23)14(19)13(12)18/h4-5,10,21H,6-9H2,1-3H3,(H2,20,23). The molecule has 2 rings (SSSR count). The molecule has 2 amide bonds. The van der Waals surface area contributed by atoms with Gasteiger partial charge in [-0.1, -0.05) is 11.6 Å². The number of benzene rings is 1. The maximum Gasteiger partial charge on any atom is 0.410 e. The van der Waals surface area contributed by atoms with E-state index >= 15 is 0 Å². The Morgan fingerprint density at radius 2 is 1.92 bits per heavy atom. The summed E-state index contributed by atoms with van der Waals surface area (Å²) in [5.74, 6) is -1.69. The molecule has 0 aliphatic carbocycles. The minimum atomic E-state index is -0.864. The molecule has 1 fully saturated rings. The van der Waals surface area contributed by atoms with E-state index in [9.17, 15) is 14.0 Å². The Balaban J connectivity index is 1.95. The van der Waals surface area contributed by atoms with Gasteiger partial charge in [0.1, 0.15) is 10.6 Å². The Morgan fingerprint density at radius 1 is 1.32 bits per heavy atom. The summed E-state index contributed by atoms with van der Waals surface area (Å²) in [7, 11) is 0. The van der Waals surface area contributed by atoms with Gasteiger partial charge in [-0.05, 0) is 45.7 Å². The molecule has 1 heterocycles. The number of carbonyl (C=O) groups is 2. The van der Waals surface area contributed by atoms with E-state index in [0.29, 0.717) is 31.6 Å². The molecule has 0 aromatic heterocycles. The van der Waals surface area contributed by atoms with Gasteiger partial charge in [-0.2, -0.15) is 0 Å². The summed E-state index contributed by atoms with van der Waals surface area (Å²) >= 11 is 5.98. The number of anilines is 1. The molecule has 25 heavy (non-hydrogen) atoms. The lowest BCUT2D eigenvalue weighted by molar-refractivity contribution is 0.0210. The van der Waals surface area contributed by atoms with E-state index in [1.54, 1.807) is 4.90 Å². The summed E-state index contributed by atoms with van der Waals surface area (Å²) in [6.07, 6.45) is 1.02. The molecule has 0 spiro atoms. The van der Waals surface area contributed by atoms with Gasteiger partial charge in [-0.25, -0.2) is 9.18 Å². The molecule has 1 aliphatic rings. The maximum atomic E-state index is 14.1. The molecule has 0 bridgehead atoms. The first kappa shape index (κ1) is 19.3. The topological polar surface area (TPSA) is 84.7 Å². The molecule has 1 aliphatic heterocycles. The summed E-state index contributed by atoms with van der Waals surface area (Å²) in [5.41, 5.74) is 4.73. The van der Waals surface area contributed by atoms with Crippen molar-refractivity contribution in [2.24, 2.45) is 5.73 Å². The van der Waals surface area contributed by atoms with E-state index in [1.165, 1.54) is 12.1 Å². The lowest BCUT2D eigenvalue weighted by Gasteiger charge is -2.34. The van der Waals surface area contributed by atoms with Crippen LogP contribution in [0.5, 0.6) is 0 Å². The second-order valence-corrected chi connectivity index (χ2v) is 7.42. The monoisotopic (exact) mass is 371 g/mol. The molecule has 1 aromatic rings. The number of nitrogens with zero attached hydrogens (tertiary/aromatic N) is 1. The smallest absolute Gasteiger partial charge is 0.410 e. The molecule has 0 saturated carbocycles. The fourth-order valence-corrected chi connectivity index (χ4v) is 2.82. The van der Waals surface area contributed by atoms with E-state index < -0.39 is 17.3 Å². The Hall–Kier alpha value is -2.02. The number of rotatable bonds is 3. The van der Waals surface area contributed by atoms with Crippen molar-refractivity contribution in [1.82, 2.24) is 4.90 Å². The fraction of sp³-hybridized carbons (Fsp3) is 0.529. The lowest BCUT2D eigenvalue weighted by Crippen LogP contribution is -2.44. The van der Waals surface area contributed by atoms with E-state index in [4.69, 9.17) is 22.1 Å². The third-order valence-corrected chi connectivity index (χ3v) is 4.22. The minimum Gasteiger partial charge on any atom is -0.444 e. The summed E-state index contributed by atoms with van der Waals surface area (Å²) in [6.45, 7) is 6.54. The second kappa shape index (κ2) is 7.47. The largest absolute Gasteiger partial charge is 0.444 e. The van der Waals surface area contributed by atoms with Gasteiger partial charge in [0.2, 0.25) is 0 Å². The van der Waals surface area contributed by atoms with Crippen LogP contribution in [0.4, 0.5) is 14.9 Å². The van der Waals surface area contributed by atoms with Gasteiger partial charge >= 0.3 is 6.09 Å². The number of nitrogens with two attached hydrogens (primary N) is 1. The van der Waals surface area contributed by atoms with Crippen LogP contribution in [0.1, 0.15) is 44.0 Å². The van der Waals surface area contributed by atoms with Gasteiger partial charge in [0.05, 0.1) is 11.3 Å². The third-order valence-electron chi connectivity index (χ3n) is 3.85. The van der Waals surface area contributed by atoms with Crippen LogP contribution in [0, 0.1) is 5.82 Å². The average molecular weight is 372 g/mol. The van der Waals surface area contributed by atoms with E-state index in [-0.39, 0.29) is 22.7 Å². The van der Waals surface area contributed by atoms with Crippen molar-refractivity contribution in [3.05, 3.63) is 28.5 Å². The highest BCUT2D eigenvalue weighted by molar-refractivity contribution is 6.33. The van der Waals surface area contributed by atoms with Gasteiger partial charge < -0.3 is 20.7 Å². The predicted molar refractivity (Wildman–Crippen MR) is 94.4 cm³/mol. The van der Waals surface area contributed by atoms with Gasteiger partial charge in [-0.3, -0.25) is 4.79 Å². The zero-order chi connectivity index (χ0) is 18.8. The van der Waals surface area contributed by atoms with Crippen LogP contribution in [0.25, 0.3) is 0 Å². The van der Waals surface area contributed by atoms with Crippen LogP contribution in [0.3, 0.4) is 0 Å². The zero-order valence-electron chi connectivity index (χ0n) is 14.6. The molecule has 0 atom stereocenters. The SMILES string of the molecule is CC(C)(C)OC(=O)N1CCC(Nc2ccc(C(N)=O)c(F)c2Cl)CC1. The molecule has 8 heteroatoms. The molecular weight excluding hydrogens is 349 g/mol. The average Bonchev–Trinajstić information content (AvgIpc) is 2.50. The van der Waals surface area contributed by atoms with Crippen molar-refractivity contribution in [1.29, 1.82) is 0 Å². The Labute approximate surface area is 151 Å². The Kier molecular flexibility index (Phi) is 5.77. The molecule has 1 aromatic carbocycles. The number of hydrogen-bond donors (Lipinski definition) is 2. The predicted octanol–water partition coefficient (Wildman–Crippen LogP) is 3.39. The number of ether oxygens (including phenoxy) is 1. The van der Waals surface area contributed by atoms with Crippen LogP contribution in [0.2, 0.25) is 5.02 Å². The number of piperidine rings is 1. The van der Waals surface area contributed by atoms with Crippen molar-refractivity contribution >= 4 is 29.3 Å². The highest BCUT2D eigenvalue weighted by Gasteiger charge is 2.27. The first-order valence-corrected chi connectivity index (χ1v) is 8.48. The minimum absolute atomic E-state index is 0.0371. The molecule has 6 nitrogen and oxygen atoms in total. The van der Waals surface area contributed by atoms with E-state index in [1.807, 2.05) is 20.8 Å². The number of nitrogens with one attached hydrogen (secondary N) is 1. The fourth-order valence-electron chi connectivity index (χ4n) is 2.60. The molecule has 0 unspecified atom stereocenters. The van der Waals surface area contributed by atoms with Crippen LogP contribution in [-0.2, 0) is 4.74 Å². The van der Waals surface area contributed by atoms with Gasteiger partial charge in [0, 0.05) is 19.1 Å². The summed E-state index contributed by atoms with van der Waals surface area (Å²) in [4.78, 5) is 24.8. The van der Waals surface area contributed by atoms with Crippen LogP contribution >= 0.6 is 11.6 Å².